The van der Waals surface area contributed by atoms with E-state index in [0.717, 1.165) is 4.48 Å². The fraction of sp³-hybridized carbons (Fsp3) is 0.591. The van der Waals surface area contributed by atoms with Crippen molar-refractivity contribution >= 4 is 13.1 Å². The quantitative estimate of drug-likeness (QED) is 0.517. The molecule has 188 valence electrons. The third-order valence-corrected chi connectivity index (χ3v) is 4.91. The van der Waals surface area contributed by atoms with Crippen molar-refractivity contribution in [3.8, 4) is 0 Å². The van der Waals surface area contributed by atoms with E-state index in [1.165, 1.54) is 6.20 Å². The van der Waals surface area contributed by atoms with Crippen molar-refractivity contribution in [1.82, 2.24) is 9.46 Å². The second-order valence-electron chi connectivity index (χ2n) is 7.37. The maximum absolute atomic E-state index is 13.5. The average molecular weight is 483 g/mol. The lowest BCUT2D eigenvalue weighted by molar-refractivity contribution is -0.0573. The second-order valence-corrected chi connectivity index (χ2v) is 7.37. The van der Waals surface area contributed by atoms with Crippen LogP contribution in [0.1, 0.15) is 11.4 Å². The molecule has 12 heteroatoms. The number of nitrogens with one attached hydrogen (secondary N) is 1. The van der Waals surface area contributed by atoms with Crippen LogP contribution in [0, 0.1) is 0 Å². The molecule has 0 bridgehead atoms. The minimum atomic E-state index is -2.67. The Hall–Kier alpha value is -2.09. The van der Waals surface area contributed by atoms with Gasteiger partial charge in [-0.1, -0.05) is 0 Å². The van der Waals surface area contributed by atoms with Crippen molar-refractivity contribution in [2.75, 3.05) is 79.2 Å². The predicted molar refractivity (Wildman–Crippen MR) is 123 cm³/mol. The molecule has 34 heavy (non-hydrogen) atoms. The van der Waals surface area contributed by atoms with Gasteiger partial charge in [-0.25, -0.2) is 0 Å². The number of aliphatic imine (C=N–C) groups is 1. The standard InChI is InChI=1S/C22H32BF2N3O6/c24-23(25)28-6-2-4-21(28)22(20-3-1-5-26-20)27-17-19-18-33-14-13-31-10-9-29-7-8-30-11-12-32-15-16-34-19/h1-6,19,26H,7-18H2. The van der Waals surface area contributed by atoms with Gasteiger partial charge in [0.1, 0.15) is 11.8 Å². The van der Waals surface area contributed by atoms with Gasteiger partial charge < -0.3 is 37.9 Å². The summed E-state index contributed by atoms with van der Waals surface area (Å²) in [7, 11) is -2.67. The zero-order valence-electron chi connectivity index (χ0n) is 19.2. The largest absolute Gasteiger partial charge is 0.677 e. The zero-order chi connectivity index (χ0) is 23.8. The first-order chi connectivity index (χ1) is 16.8. The lowest BCUT2D eigenvalue weighted by Gasteiger charge is -2.18. The van der Waals surface area contributed by atoms with E-state index in [-0.39, 0.29) is 19.3 Å². The van der Waals surface area contributed by atoms with Crippen molar-refractivity contribution in [3.63, 3.8) is 0 Å². The Kier molecular flexibility index (Phi) is 12.3. The van der Waals surface area contributed by atoms with Gasteiger partial charge in [0.25, 0.3) is 0 Å². The van der Waals surface area contributed by atoms with Gasteiger partial charge in [0.05, 0.1) is 90.6 Å². The van der Waals surface area contributed by atoms with E-state index in [1.54, 1.807) is 30.5 Å². The Morgan fingerprint density at radius 2 is 1.50 bits per heavy atom. The van der Waals surface area contributed by atoms with Crippen LogP contribution in [0.4, 0.5) is 8.63 Å². The summed E-state index contributed by atoms with van der Waals surface area (Å²) in [6, 6.07) is 6.77. The Balaban J connectivity index is 1.63. The van der Waals surface area contributed by atoms with E-state index in [4.69, 9.17) is 28.4 Å². The van der Waals surface area contributed by atoms with Crippen LogP contribution in [-0.2, 0) is 28.4 Å². The van der Waals surface area contributed by atoms with Gasteiger partial charge in [-0.05, 0) is 30.5 Å². The predicted octanol–water partition coefficient (Wildman–Crippen LogP) is 1.91. The molecule has 3 rings (SSSR count). The number of ether oxygens (including phenoxy) is 6. The molecule has 3 heterocycles. The Labute approximate surface area is 198 Å². The summed E-state index contributed by atoms with van der Waals surface area (Å²) in [6.07, 6.45) is 2.67. The zero-order valence-corrected chi connectivity index (χ0v) is 19.2. The van der Waals surface area contributed by atoms with Crippen LogP contribution < -0.4 is 0 Å². The van der Waals surface area contributed by atoms with Crippen LogP contribution in [0.15, 0.2) is 41.7 Å². The van der Waals surface area contributed by atoms with Gasteiger partial charge >= 0.3 is 7.40 Å². The topological polar surface area (TPSA) is 88.5 Å². The first kappa shape index (κ1) is 26.5. The van der Waals surface area contributed by atoms with Gasteiger partial charge in [0.15, 0.2) is 0 Å². The Morgan fingerprint density at radius 1 is 0.882 bits per heavy atom. The number of H-pyrrole nitrogens is 1. The number of rotatable bonds is 5. The molecule has 0 amide bonds. The van der Waals surface area contributed by atoms with Crippen LogP contribution in [-0.4, -0.2) is 108 Å². The summed E-state index contributed by atoms with van der Waals surface area (Å²) in [5.74, 6) is 0. The Morgan fingerprint density at radius 3 is 2.09 bits per heavy atom. The monoisotopic (exact) mass is 483 g/mol. The third-order valence-electron chi connectivity index (χ3n) is 4.91. The second kappa shape index (κ2) is 15.7. The van der Waals surface area contributed by atoms with Crippen LogP contribution >= 0.6 is 0 Å². The summed E-state index contributed by atoms with van der Waals surface area (Å²) in [4.78, 5) is 7.69. The van der Waals surface area contributed by atoms with Gasteiger partial charge in [-0.3, -0.25) is 13.6 Å². The van der Waals surface area contributed by atoms with E-state index in [1.807, 2.05) is 0 Å². The summed E-state index contributed by atoms with van der Waals surface area (Å²) in [6.45, 7) is 4.94. The van der Waals surface area contributed by atoms with E-state index >= 15 is 0 Å². The first-order valence-electron chi connectivity index (χ1n) is 11.4. The van der Waals surface area contributed by atoms with E-state index in [2.05, 4.69) is 9.98 Å². The molecule has 1 saturated heterocycles. The number of nitrogens with zero attached hydrogens (tertiary/aromatic N) is 2. The number of aromatic nitrogens is 2. The smallest absolute Gasteiger partial charge is 0.377 e. The molecule has 0 radical (unpaired) electrons. The average Bonchev–Trinajstić information content (AvgIpc) is 3.53. The maximum Gasteiger partial charge on any atom is 0.677 e. The van der Waals surface area contributed by atoms with Crippen molar-refractivity contribution in [2.45, 2.75) is 6.10 Å². The number of hydrogen-bond donors (Lipinski definition) is 1. The molecule has 2 aromatic rings. The third kappa shape index (κ3) is 9.28. The molecule has 0 spiro atoms. The molecule has 9 nitrogen and oxygen atoms in total. The number of hydrogen-bond acceptors (Lipinski definition) is 7. The highest BCUT2D eigenvalue weighted by atomic mass is 19.2. The highest BCUT2D eigenvalue weighted by Gasteiger charge is 2.23. The van der Waals surface area contributed by atoms with Crippen LogP contribution in [0.2, 0.25) is 0 Å². The maximum atomic E-state index is 13.5. The van der Waals surface area contributed by atoms with Crippen molar-refractivity contribution < 1.29 is 37.1 Å². The molecule has 1 aliphatic rings. The molecule has 2 aromatic heterocycles. The fourth-order valence-electron chi connectivity index (χ4n) is 3.26. The van der Waals surface area contributed by atoms with Crippen molar-refractivity contribution in [1.29, 1.82) is 0 Å². The summed E-state index contributed by atoms with van der Waals surface area (Å²) in [5.41, 5.74) is 1.38. The summed E-state index contributed by atoms with van der Waals surface area (Å²) >= 11 is 0. The number of halogens is 2. The van der Waals surface area contributed by atoms with Gasteiger partial charge in [0.2, 0.25) is 0 Å². The molecule has 0 aliphatic carbocycles. The fourth-order valence-corrected chi connectivity index (χ4v) is 3.26. The molecule has 1 unspecified atom stereocenters. The lowest BCUT2D eigenvalue weighted by atomic mass is 10.1. The lowest BCUT2D eigenvalue weighted by Crippen LogP contribution is -2.28. The summed E-state index contributed by atoms with van der Waals surface area (Å²) < 4.78 is 61.4. The molecule has 1 atom stereocenters. The number of aromatic amines is 1. The van der Waals surface area contributed by atoms with E-state index in [9.17, 15) is 8.63 Å². The van der Waals surface area contributed by atoms with Crippen LogP contribution in [0.25, 0.3) is 0 Å². The van der Waals surface area contributed by atoms with Crippen LogP contribution in [0.3, 0.4) is 0 Å². The molecule has 1 fully saturated rings. The molecule has 0 saturated carbocycles. The minimum Gasteiger partial charge on any atom is -0.377 e. The van der Waals surface area contributed by atoms with Gasteiger partial charge in [-0.15, -0.1) is 0 Å². The van der Waals surface area contributed by atoms with E-state index in [0.29, 0.717) is 83.2 Å². The van der Waals surface area contributed by atoms with Crippen LogP contribution in [0.5, 0.6) is 0 Å². The normalized spacial score (nSPS) is 21.0. The Bertz CT molecular complexity index is 803. The molecular formula is C22H32BF2N3O6. The van der Waals surface area contributed by atoms with Crippen molar-refractivity contribution in [3.05, 3.63) is 48.0 Å². The van der Waals surface area contributed by atoms with Gasteiger partial charge in [-0.2, -0.15) is 0 Å². The molecule has 0 aromatic carbocycles. The SMILES string of the molecule is FB(F)n1cccc1C(=NCC1COCCOCCOCCOCCOCCO1)c1ccc[nH]1. The minimum absolute atomic E-state index is 0.223. The highest BCUT2D eigenvalue weighted by molar-refractivity contribution is 6.42. The highest BCUT2D eigenvalue weighted by Crippen LogP contribution is 2.13. The van der Waals surface area contributed by atoms with Crippen molar-refractivity contribution in [2.24, 2.45) is 4.99 Å². The summed E-state index contributed by atoms with van der Waals surface area (Å²) in [5, 5.41) is 0. The molecule has 1 N–H and O–H groups in total. The molecule has 1 aliphatic heterocycles. The van der Waals surface area contributed by atoms with Gasteiger partial charge in [0, 0.05) is 6.20 Å². The first-order valence-corrected chi connectivity index (χ1v) is 11.4. The van der Waals surface area contributed by atoms with E-state index < -0.39 is 7.40 Å². The molecular weight excluding hydrogens is 451 g/mol.